The summed E-state index contributed by atoms with van der Waals surface area (Å²) in [6.07, 6.45) is 0. The number of hydrogen-bond acceptors (Lipinski definition) is 1. The zero-order valence-electron chi connectivity index (χ0n) is 31.0. The highest BCUT2D eigenvalue weighted by molar-refractivity contribution is 7.25. The van der Waals surface area contributed by atoms with Crippen molar-refractivity contribution in [2.75, 3.05) is 0 Å². The molecule has 0 fully saturated rings. The summed E-state index contributed by atoms with van der Waals surface area (Å²) in [6.45, 7) is 0. The second kappa shape index (κ2) is 11.4. The molecular formula is C56H34S. The molecule has 0 saturated carbocycles. The van der Waals surface area contributed by atoms with Gasteiger partial charge in [0.2, 0.25) is 0 Å². The number of fused-ring (bicyclic) bond motifs is 19. The van der Waals surface area contributed by atoms with Crippen LogP contribution in [0.1, 0.15) is 44.5 Å². The highest BCUT2D eigenvalue weighted by Crippen LogP contribution is 2.68. The van der Waals surface area contributed by atoms with Crippen LogP contribution in [0.25, 0.3) is 64.7 Å². The van der Waals surface area contributed by atoms with Crippen LogP contribution >= 0.6 is 11.3 Å². The summed E-state index contributed by atoms with van der Waals surface area (Å²) in [6, 6.07) is 78.3. The van der Waals surface area contributed by atoms with Crippen molar-refractivity contribution < 1.29 is 0 Å². The maximum atomic E-state index is 2.45. The minimum Gasteiger partial charge on any atom is -0.135 e. The largest absolute Gasteiger partial charge is 0.135 e. The van der Waals surface area contributed by atoms with Crippen molar-refractivity contribution in [3.63, 3.8) is 0 Å². The molecular weight excluding hydrogens is 705 g/mol. The molecule has 0 N–H and O–H groups in total. The Bertz CT molecular complexity index is 3210. The van der Waals surface area contributed by atoms with Crippen molar-refractivity contribution in [2.45, 2.75) is 10.8 Å². The SMILES string of the molecule is c1ccc2c(c1)-c1ccccc1C21c2ccccc2C2(c3ccccc3-c3ccccc32)c2c(-c3ccc(-c4ccc5c(c4)sc4ccccc45)cc3)cccc21. The Kier molecular flexibility index (Phi) is 6.27. The molecule has 1 heteroatoms. The fraction of sp³-hybridized carbons (Fsp3) is 0.0357. The van der Waals surface area contributed by atoms with Gasteiger partial charge in [-0.25, -0.2) is 0 Å². The Morgan fingerprint density at radius 2 is 0.684 bits per heavy atom. The van der Waals surface area contributed by atoms with Gasteiger partial charge in [0.1, 0.15) is 0 Å². The molecule has 3 aliphatic carbocycles. The van der Waals surface area contributed by atoms with Crippen molar-refractivity contribution in [1.29, 1.82) is 0 Å². The van der Waals surface area contributed by atoms with Gasteiger partial charge in [-0.1, -0.05) is 194 Å². The van der Waals surface area contributed by atoms with E-state index in [9.17, 15) is 0 Å². The smallest absolute Gasteiger partial charge is 0.0725 e. The number of benzene rings is 9. The van der Waals surface area contributed by atoms with Gasteiger partial charge in [0.05, 0.1) is 10.8 Å². The minimum absolute atomic E-state index is 0.494. The third kappa shape index (κ3) is 3.87. The van der Waals surface area contributed by atoms with E-state index < -0.39 is 10.8 Å². The number of rotatable bonds is 2. The lowest BCUT2D eigenvalue weighted by molar-refractivity contribution is 0.634. The molecule has 0 nitrogen and oxygen atoms in total. The van der Waals surface area contributed by atoms with Gasteiger partial charge in [-0.05, 0) is 101 Å². The molecule has 264 valence electrons. The summed E-state index contributed by atoms with van der Waals surface area (Å²) in [5.41, 5.74) is 20.2. The molecule has 0 aliphatic heterocycles. The molecule has 10 aromatic rings. The zero-order chi connectivity index (χ0) is 37.3. The second-order valence-electron chi connectivity index (χ2n) is 15.8. The normalized spacial score (nSPS) is 14.6. The monoisotopic (exact) mass is 738 g/mol. The Morgan fingerprint density at radius 1 is 0.263 bits per heavy atom. The van der Waals surface area contributed by atoms with Crippen molar-refractivity contribution in [1.82, 2.24) is 0 Å². The zero-order valence-corrected chi connectivity index (χ0v) is 31.9. The van der Waals surface area contributed by atoms with Crippen molar-refractivity contribution in [3.8, 4) is 44.5 Å². The second-order valence-corrected chi connectivity index (χ2v) is 16.9. The molecule has 0 bridgehead atoms. The van der Waals surface area contributed by atoms with E-state index in [4.69, 9.17) is 0 Å². The summed E-state index contributed by atoms with van der Waals surface area (Å²) in [5, 5.41) is 2.67. The molecule has 0 atom stereocenters. The van der Waals surface area contributed by atoms with Gasteiger partial charge in [0.25, 0.3) is 0 Å². The Labute approximate surface area is 336 Å². The Hall–Kier alpha value is -6.80. The van der Waals surface area contributed by atoms with Gasteiger partial charge >= 0.3 is 0 Å². The lowest BCUT2D eigenvalue weighted by atomic mass is 9.51. The van der Waals surface area contributed by atoms with Crippen molar-refractivity contribution in [3.05, 3.63) is 251 Å². The van der Waals surface area contributed by atoms with E-state index in [1.165, 1.54) is 109 Å². The third-order valence-corrected chi connectivity index (χ3v) is 14.5. The fourth-order valence-electron chi connectivity index (χ4n) is 11.3. The molecule has 13 rings (SSSR count). The molecule has 0 radical (unpaired) electrons. The van der Waals surface area contributed by atoms with E-state index in [0.29, 0.717) is 0 Å². The summed E-state index contributed by atoms with van der Waals surface area (Å²) in [5.74, 6) is 0. The molecule has 2 spiro atoms. The van der Waals surface area contributed by atoms with Crippen LogP contribution in [-0.2, 0) is 10.8 Å². The van der Waals surface area contributed by atoms with Gasteiger partial charge < -0.3 is 0 Å². The topological polar surface area (TPSA) is 0 Å². The molecule has 3 aliphatic rings. The van der Waals surface area contributed by atoms with Gasteiger partial charge in [-0.15, -0.1) is 11.3 Å². The van der Waals surface area contributed by atoms with E-state index in [0.717, 1.165) is 0 Å². The van der Waals surface area contributed by atoms with E-state index in [2.05, 4.69) is 206 Å². The maximum absolute atomic E-state index is 2.45. The molecule has 0 unspecified atom stereocenters. The highest BCUT2D eigenvalue weighted by Gasteiger charge is 2.59. The lowest BCUT2D eigenvalue weighted by Crippen LogP contribution is -2.44. The van der Waals surface area contributed by atoms with Crippen LogP contribution in [-0.4, -0.2) is 0 Å². The van der Waals surface area contributed by atoms with E-state index in [1.807, 2.05) is 11.3 Å². The van der Waals surface area contributed by atoms with Crippen molar-refractivity contribution >= 4 is 31.5 Å². The predicted molar refractivity (Wildman–Crippen MR) is 238 cm³/mol. The Balaban J connectivity index is 1.12. The molecule has 9 aromatic carbocycles. The van der Waals surface area contributed by atoms with Crippen LogP contribution in [0.15, 0.2) is 206 Å². The molecule has 0 amide bonds. The molecule has 0 saturated heterocycles. The number of hydrogen-bond donors (Lipinski definition) is 0. The van der Waals surface area contributed by atoms with Crippen LogP contribution < -0.4 is 0 Å². The average molecular weight is 739 g/mol. The summed E-state index contributed by atoms with van der Waals surface area (Å²) in [4.78, 5) is 0. The predicted octanol–water partition coefficient (Wildman–Crippen LogP) is 14.4. The standard InChI is InChI=1S/C56H34S/c1-6-20-45-39(14-1)40-15-2-7-21-46(40)55(45)49-24-10-11-25-50(49)56(47-22-8-3-16-41(47)42-17-4-9-23-48(42)56)54-38(19-13-26-51(54)55)36-30-28-35(29-31-36)37-32-33-44-43-18-5-12-27-52(43)57-53(44)34-37/h1-34H. The summed E-state index contributed by atoms with van der Waals surface area (Å²) >= 11 is 1.88. The van der Waals surface area contributed by atoms with Crippen LogP contribution in [0.4, 0.5) is 0 Å². The van der Waals surface area contributed by atoms with Gasteiger partial charge in [-0.2, -0.15) is 0 Å². The highest BCUT2D eigenvalue weighted by atomic mass is 32.1. The van der Waals surface area contributed by atoms with Crippen molar-refractivity contribution in [2.24, 2.45) is 0 Å². The average Bonchev–Trinajstić information content (AvgIpc) is 3.91. The fourth-order valence-corrected chi connectivity index (χ4v) is 12.4. The Morgan fingerprint density at radius 3 is 1.30 bits per heavy atom. The molecule has 1 aromatic heterocycles. The summed E-state index contributed by atoms with van der Waals surface area (Å²) in [7, 11) is 0. The molecule has 1 heterocycles. The van der Waals surface area contributed by atoms with Crippen LogP contribution in [0.2, 0.25) is 0 Å². The quantitative estimate of drug-likeness (QED) is 0.166. The number of thiophene rings is 1. The first kappa shape index (κ1) is 31.4. The lowest BCUT2D eigenvalue weighted by Gasteiger charge is -2.49. The first-order valence-corrected chi connectivity index (χ1v) is 20.7. The first-order valence-electron chi connectivity index (χ1n) is 19.9. The van der Waals surface area contributed by atoms with Crippen LogP contribution in [0.5, 0.6) is 0 Å². The van der Waals surface area contributed by atoms with Crippen LogP contribution in [0, 0.1) is 0 Å². The van der Waals surface area contributed by atoms with E-state index in [1.54, 1.807) is 0 Å². The van der Waals surface area contributed by atoms with Gasteiger partial charge in [0.15, 0.2) is 0 Å². The summed E-state index contributed by atoms with van der Waals surface area (Å²) < 4.78 is 2.67. The van der Waals surface area contributed by atoms with Gasteiger partial charge in [-0.3, -0.25) is 0 Å². The minimum atomic E-state index is -0.529. The maximum Gasteiger partial charge on any atom is 0.0725 e. The van der Waals surface area contributed by atoms with E-state index in [-0.39, 0.29) is 0 Å². The third-order valence-electron chi connectivity index (χ3n) is 13.4. The molecule has 57 heavy (non-hydrogen) atoms. The first-order chi connectivity index (χ1) is 28.3. The van der Waals surface area contributed by atoms with Crippen LogP contribution in [0.3, 0.4) is 0 Å². The van der Waals surface area contributed by atoms with Gasteiger partial charge in [0, 0.05) is 20.2 Å². The van der Waals surface area contributed by atoms with E-state index >= 15 is 0 Å².